The molecule has 0 heterocycles. The predicted octanol–water partition coefficient (Wildman–Crippen LogP) is 5.50. The second-order valence-electron chi connectivity index (χ2n) is 5.36. The van der Waals surface area contributed by atoms with Crippen LogP contribution in [0.5, 0.6) is 5.75 Å². The van der Waals surface area contributed by atoms with Crippen LogP contribution >= 0.6 is 0 Å². The smallest absolute Gasteiger partial charge is 0.120 e. The van der Waals surface area contributed by atoms with E-state index in [1.807, 2.05) is 30.4 Å². The van der Waals surface area contributed by atoms with Gasteiger partial charge >= 0.3 is 0 Å². The van der Waals surface area contributed by atoms with Crippen molar-refractivity contribution in [3.63, 3.8) is 0 Å². The molecule has 0 aliphatic rings. The standard InChI is InChI=1S/C21H24O/c1-3-5-12-19-14-15-21(16-20(19)13-6-4-2)22-17-18-10-8-7-9-11-18/h3-4,7-11,14-16H,1-2,5-6,12-13,17H2. The Morgan fingerprint density at radius 3 is 2.18 bits per heavy atom. The zero-order valence-corrected chi connectivity index (χ0v) is 13.1. The maximum atomic E-state index is 5.93. The Bertz CT molecular complexity index is 599. The molecule has 1 heteroatoms. The molecular weight excluding hydrogens is 268 g/mol. The van der Waals surface area contributed by atoms with Crippen LogP contribution in [0.2, 0.25) is 0 Å². The molecule has 0 fully saturated rings. The molecule has 0 bridgehead atoms. The molecule has 0 saturated heterocycles. The number of hydrogen-bond donors (Lipinski definition) is 0. The molecule has 22 heavy (non-hydrogen) atoms. The number of allylic oxidation sites excluding steroid dienone is 2. The van der Waals surface area contributed by atoms with E-state index in [4.69, 9.17) is 4.74 Å². The van der Waals surface area contributed by atoms with Gasteiger partial charge in [0.05, 0.1) is 0 Å². The van der Waals surface area contributed by atoms with Crippen molar-refractivity contribution in [1.82, 2.24) is 0 Å². The lowest BCUT2D eigenvalue weighted by Gasteiger charge is -2.12. The summed E-state index contributed by atoms with van der Waals surface area (Å²) in [5.41, 5.74) is 3.92. The Morgan fingerprint density at radius 1 is 0.818 bits per heavy atom. The van der Waals surface area contributed by atoms with Gasteiger partial charge in [-0.05, 0) is 54.5 Å². The van der Waals surface area contributed by atoms with Gasteiger partial charge in [-0.2, -0.15) is 0 Å². The van der Waals surface area contributed by atoms with E-state index in [1.165, 1.54) is 16.7 Å². The molecule has 1 nitrogen and oxygen atoms in total. The summed E-state index contributed by atoms with van der Waals surface area (Å²) < 4.78 is 5.93. The molecule has 0 aliphatic carbocycles. The van der Waals surface area contributed by atoms with Gasteiger partial charge in [-0.25, -0.2) is 0 Å². The van der Waals surface area contributed by atoms with Crippen LogP contribution in [0.4, 0.5) is 0 Å². The Kier molecular flexibility index (Phi) is 6.50. The minimum Gasteiger partial charge on any atom is -0.489 e. The molecule has 0 saturated carbocycles. The third-order valence-electron chi connectivity index (χ3n) is 3.66. The van der Waals surface area contributed by atoms with Crippen molar-refractivity contribution >= 4 is 0 Å². The van der Waals surface area contributed by atoms with Crippen molar-refractivity contribution in [2.24, 2.45) is 0 Å². The van der Waals surface area contributed by atoms with E-state index in [1.54, 1.807) is 0 Å². The molecule has 0 aliphatic heterocycles. The second-order valence-corrected chi connectivity index (χ2v) is 5.36. The average Bonchev–Trinajstić information content (AvgIpc) is 2.58. The van der Waals surface area contributed by atoms with Crippen LogP contribution in [0.1, 0.15) is 29.5 Å². The average molecular weight is 292 g/mol. The maximum absolute atomic E-state index is 5.93. The first-order valence-corrected chi connectivity index (χ1v) is 7.84. The molecule has 2 aromatic rings. The van der Waals surface area contributed by atoms with Crippen LogP contribution in [0.15, 0.2) is 73.8 Å². The van der Waals surface area contributed by atoms with Crippen molar-refractivity contribution in [2.75, 3.05) is 0 Å². The van der Waals surface area contributed by atoms with E-state index in [2.05, 4.69) is 43.5 Å². The van der Waals surface area contributed by atoms with Crippen molar-refractivity contribution in [1.29, 1.82) is 0 Å². The van der Waals surface area contributed by atoms with Gasteiger partial charge < -0.3 is 4.74 Å². The minimum atomic E-state index is 0.605. The van der Waals surface area contributed by atoms with Crippen molar-refractivity contribution in [2.45, 2.75) is 32.3 Å². The highest BCUT2D eigenvalue weighted by molar-refractivity contribution is 5.36. The Balaban J connectivity index is 2.07. The quantitative estimate of drug-likeness (QED) is 0.554. The molecule has 0 spiro atoms. The Morgan fingerprint density at radius 2 is 1.50 bits per heavy atom. The monoisotopic (exact) mass is 292 g/mol. The number of rotatable bonds is 9. The van der Waals surface area contributed by atoms with E-state index in [0.717, 1.165) is 31.4 Å². The summed E-state index contributed by atoms with van der Waals surface area (Å²) in [4.78, 5) is 0. The SMILES string of the molecule is C=CCCc1ccc(OCc2ccccc2)cc1CCC=C. The van der Waals surface area contributed by atoms with E-state index >= 15 is 0 Å². The van der Waals surface area contributed by atoms with E-state index in [-0.39, 0.29) is 0 Å². The molecular formula is C21H24O. The van der Waals surface area contributed by atoms with Gasteiger partial charge in [0.15, 0.2) is 0 Å². The van der Waals surface area contributed by atoms with Gasteiger partial charge in [0, 0.05) is 0 Å². The van der Waals surface area contributed by atoms with Crippen LogP contribution in [0.25, 0.3) is 0 Å². The third kappa shape index (κ3) is 4.92. The summed E-state index contributed by atoms with van der Waals surface area (Å²) in [6.45, 7) is 8.23. The summed E-state index contributed by atoms with van der Waals surface area (Å²) in [6.07, 6.45) is 7.98. The lowest BCUT2D eigenvalue weighted by atomic mass is 9.98. The van der Waals surface area contributed by atoms with Crippen LogP contribution in [0.3, 0.4) is 0 Å². The molecule has 114 valence electrons. The highest BCUT2D eigenvalue weighted by atomic mass is 16.5. The maximum Gasteiger partial charge on any atom is 0.120 e. The van der Waals surface area contributed by atoms with Crippen molar-refractivity contribution in [3.8, 4) is 5.75 Å². The topological polar surface area (TPSA) is 9.23 Å². The fourth-order valence-electron chi connectivity index (χ4n) is 2.42. The molecule has 0 amide bonds. The Hall–Kier alpha value is -2.28. The fraction of sp³-hybridized carbons (Fsp3) is 0.238. The molecule has 2 aromatic carbocycles. The molecule has 2 rings (SSSR count). The van der Waals surface area contributed by atoms with Gasteiger partial charge in [-0.15, -0.1) is 13.2 Å². The number of benzene rings is 2. The summed E-state index contributed by atoms with van der Waals surface area (Å²) in [5, 5.41) is 0. The first-order chi connectivity index (χ1) is 10.8. The van der Waals surface area contributed by atoms with Crippen LogP contribution in [-0.4, -0.2) is 0 Å². The molecule has 0 N–H and O–H groups in total. The van der Waals surface area contributed by atoms with E-state index in [9.17, 15) is 0 Å². The van der Waals surface area contributed by atoms with Gasteiger partial charge in [0.2, 0.25) is 0 Å². The van der Waals surface area contributed by atoms with Crippen molar-refractivity contribution < 1.29 is 4.74 Å². The summed E-state index contributed by atoms with van der Waals surface area (Å²) in [7, 11) is 0. The van der Waals surface area contributed by atoms with E-state index in [0.29, 0.717) is 6.61 Å². The molecule has 0 atom stereocenters. The highest BCUT2D eigenvalue weighted by Crippen LogP contribution is 2.22. The van der Waals surface area contributed by atoms with Crippen LogP contribution in [0, 0.1) is 0 Å². The van der Waals surface area contributed by atoms with Gasteiger partial charge in [0.25, 0.3) is 0 Å². The third-order valence-corrected chi connectivity index (χ3v) is 3.66. The van der Waals surface area contributed by atoms with Gasteiger partial charge in [0.1, 0.15) is 12.4 Å². The Labute approximate surface area is 134 Å². The lowest BCUT2D eigenvalue weighted by molar-refractivity contribution is 0.306. The first-order valence-electron chi connectivity index (χ1n) is 7.84. The highest BCUT2D eigenvalue weighted by Gasteiger charge is 2.04. The zero-order valence-electron chi connectivity index (χ0n) is 13.1. The van der Waals surface area contributed by atoms with Crippen LogP contribution < -0.4 is 4.74 Å². The first kappa shape index (κ1) is 16.1. The fourth-order valence-corrected chi connectivity index (χ4v) is 2.42. The molecule has 0 aromatic heterocycles. The second kappa shape index (κ2) is 8.89. The number of ether oxygens (including phenoxy) is 1. The molecule has 0 radical (unpaired) electrons. The minimum absolute atomic E-state index is 0.605. The van der Waals surface area contributed by atoms with Gasteiger partial charge in [-0.1, -0.05) is 48.6 Å². The van der Waals surface area contributed by atoms with Gasteiger partial charge in [-0.3, -0.25) is 0 Å². The largest absolute Gasteiger partial charge is 0.489 e. The normalized spacial score (nSPS) is 10.2. The zero-order chi connectivity index (χ0) is 15.6. The lowest BCUT2D eigenvalue weighted by Crippen LogP contribution is -1.99. The number of hydrogen-bond acceptors (Lipinski definition) is 1. The summed E-state index contributed by atoms with van der Waals surface area (Å²) in [5.74, 6) is 0.935. The van der Waals surface area contributed by atoms with Crippen molar-refractivity contribution in [3.05, 3.63) is 90.5 Å². The molecule has 0 unspecified atom stereocenters. The summed E-state index contributed by atoms with van der Waals surface area (Å²) >= 11 is 0. The van der Waals surface area contributed by atoms with Crippen LogP contribution in [-0.2, 0) is 19.4 Å². The summed E-state index contributed by atoms with van der Waals surface area (Å²) in [6, 6.07) is 16.7. The predicted molar refractivity (Wildman–Crippen MR) is 94.3 cm³/mol. The number of aryl methyl sites for hydroxylation is 2. The van der Waals surface area contributed by atoms with E-state index < -0.39 is 0 Å².